The van der Waals surface area contributed by atoms with E-state index in [0.717, 1.165) is 16.9 Å². The van der Waals surface area contributed by atoms with E-state index in [4.69, 9.17) is 4.74 Å². The Hall–Kier alpha value is -3.79. The predicted molar refractivity (Wildman–Crippen MR) is 104 cm³/mol. The van der Waals surface area contributed by atoms with E-state index in [0.29, 0.717) is 16.3 Å². The predicted octanol–water partition coefficient (Wildman–Crippen LogP) is 2.01. The Kier molecular flexibility index (Phi) is 5.92. The highest BCUT2D eigenvalue weighted by Gasteiger charge is 2.16. The smallest absolute Gasteiger partial charge is 0.329 e. The van der Waals surface area contributed by atoms with Gasteiger partial charge in [0.2, 0.25) is 5.13 Å². The molecule has 9 nitrogen and oxygen atoms in total. The second-order valence-electron chi connectivity index (χ2n) is 5.36. The number of amides is 2. The molecule has 1 aromatic heterocycles. The van der Waals surface area contributed by atoms with Crippen molar-refractivity contribution in [3.8, 4) is 22.1 Å². The molecule has 1 heterocycles. The fourth-order valence-electron chi connectivity index (χ4n) is 2.10. The average Bonchev–Trinajstić information content (AvgIpc) is 3.18. The molecule has 28 heavy (non-hydrogen) atoms. The maximum atomic E-state index is 11.9. The van der Waals surface area contributed by atoms with E-state index in [2.05, 4.69) is 26.0 Å². The van der Waals surface area contributed by atoms with E-state index in [1.807, 2.05) is 30.3 Å². The van der Waals surface area contributed by atoms with Crippen molar-refractivity contribution < 1.29 is 19.4 Å². The van der Waals surface area contributed by atoms with Crippen LogP contribution in [0, 0.1) is 0 Å². The summed E-state index contributed by atoms with van der Waals surface area (Å²) in [4.78, 5) is 23.8. The van der Waals surface area contributed by atoms with Gasteiger partial charge in [-0.1, -0.05) is 41.7 Å². The molecule has 0 unspecified atom stereocenters. The minimum Gasteiger partial charge on any atom is -0.507 e. The number of nitrogens with one attached hydrogen (secondary N) is 2. The number of methoxy groups -OCH3 is 1. The lowest BCUT2D eigenvalue weighted by Gasteiger charge is -2.03. The highest BCUT2D eigenvalue weighted by molar-refractivity contribution is 7.18. The number of carbonyl (C=O) groups is 2. The molecule has 0 radical (unpaired) electrons. The van der Waals surface area contributed by atoms with Crippen LogP contribution in [-0.4, -0.2) is 40.4 Å². The molecule has 3 aromatic rings. The molecule has 2 amide bonds. The van der Waals surface area contributed by atoms with Crippen molar-refractivity contribution >= 4 is 34.5 Å². The molecule has 142 valence electrons. The maximum absolute atomic E-state index is 11.9. The van der Waals surface area contributed by atoms with Crippen molar-refractivity contribution in [2.45, 2.75) is 0 Å². The monoisotopic (exact) mass is 397 g/mol. The van der Waals surface area contributed by atoms with Gasteiger partial charge in [-0.3, -0.25) is 14.9 Å². The molecule has 3 N–H and O–H groups in total. The number of hydrogen-bond acceptors (Lipinski definition) is 8. The third-order valence-electron chi connectivity index (χ3n) is 3.48. The largest absolute Gasteiger partial charge is 0.507 e. The van der Waals surface area contributed by atoms with Crippen LogP contribution in [0.5, 0.6) is 11.5 Å². The Labute approximate surface area is 163 Å². The Bertz CT molecular complexity index is 1020. The summed E-state index contributed by atoms with van der Waals surface area (Å²) in [7, 11) is 1.48. The third kappa shape index (κ3) is 4.68. The van der Waals surface area contributed by atoms with E-state index in [-0.39, 0.29) is 10.9 Å². The highest BCUT2D eigenvalue weighted by atomic mass is 32.1. The third-order valence-corrected chi connectivity index (χ3v) is 4.36. The van der Waals surface area contributed by atoms with Crippen molar-refractivity contribution in [1.82, 2.24) is 15.6 Å². The lowest BCUT2D eigenvalue weighted by Crippen LogP contribution is -2.32. The number of benzene rings is 2. The van der Waals surface area contributed by atoms with Crippen LogP contribution in [0.15, 0.2) is 53.6 Å². The highest BCUT2D eigenvalue weighted by Crippen LogP contribution is 2.25. The number of hydrazone groups is 1. The van der Waals surface area contributed by atoms with Crippen LogP contribution in [-0.2, 0) is 9.59 Å². The molecule has 0 spiro atoms. The zero-order valence-electron chi connectivity index (χ0n) is 14.6. The summed E-state index contributed by atoms with van der Waals surface area (Å²) in [5.74, 6) is -1.47. The first-order chi connectivity index (χ1) is 13.6. The summed E-state index contributed by atoms with van der Waals surface area (Å²) in [6.07, 6.45) is 1.20. The molecule has 0 saturated heterocycles. The number of phenols is 1. The summed E-state index contributed by atoms with van der Waals surface area (Å²) < 4.78 is 5.04. The lowest BCUT2D eigenvalue weighted by molar-refractivity contribution is -0.136. The maximum Gasteiger partial charge on any atom is 0.329 e. The van der Waals surface area contributed by atoms with Gasteiger partial charge in [-0.15, -0.1) is 10.2 Å². The van der Waals surface area contributed by atoms with Gasteiger partial charge in [0.1, 0.15) is 16.5 Å². The van der Waals surface area contributed by atoms with E-state index in [1.54, 1.807) is 6.07 Å². The number of hydrogen-bond donors (Lipinski definition) is 3. The van der Waals surface area contributed by atoms with Gasteiger partial charge in [0.15, 0.2) is 0 Å². The van der Waals surface area contributed by atoms with Crippen LogP contribution >= 0.6 is 11.3 Å². The van der Waals surface area contributed by atoms with E-state index < -0.39 is 11.8 Å². The van der Waals surface area contributed by atoms with Crippen LogP contribution < -0.4 is 15.5 Å². The number of anilines is 1. The Morgan fingerprint density at radius 3 is 2.68 bits per heavy atom. The van der Waals surface area contributed by atoms with Crippen LogP contribution in [0.25, 0.3) is 10.6 Å². The van der Waals surface area contributed by atoms with Gasteiger partial charge < -0.3 is 9.84 Å². The molecule has 10 heteroatoms. The number of aromatic hydroxyl groups is 1. The first kappa shape index (κ1) is 19.0. The molecule has 3 rings (SSSR count). The van der Waals surface area contributed by atoms with Crippen LogP contribution in [0.2, 0.25) is 0 Å². The molecule has 0 bridgehead atoms. The minimum absolute atomic E-state index is 0.0504. The topological polar surface area (TPSA) is 126 Å². The van der Waals surface area contributed by atoms with E-state index in [9.17, 15) is 14.7 Å². The van der Waals surface area contributed by atoms with E-state index in [1.165, 1.54) is 25.5 Å². The van der Waals surface area contributed by atoms with Gasteiger partial charge in [-0.2, -0.15) is 5.10 Å². The fraction of sp³-hybridized carbons (Fsp3) is 0.0556. The lowest BCUT2D eigenvalue weighted by atomic mass is 10.2. The summed E-state index contributed by atoms with van der Waals surface area (Å²) in [6.45, 7) is 0. The molecule has 0 aliphatic heterocycles. The minimum atomic E-state index is -0.991. The van der Waals surface area contributed by atoms with Crippen molar-refractivity contribution in [3.63, 3.8) is 0 Å². The zero-order chi connectivity index (χ0) is 19.9. The number of ether oxygens (including phenoxy) is 1. The molecule has 0 atom stereocenters. The van der Waals surface area contributed by atoms with Crippen molar-refractivity contribution in [3.05, 3.63) is 54.1 Å². The van der Waals surface area contributed by atoms with Crippen LogP contribution in [0.3, 0.4) is 0 Å². The first-order valence-electron chi connectivity index (χ1n) is 7.97. The van der Waals surface area contributed by atoms with Crippen molar-refractivity contribution in [2.24, 2.45) is 5.10 Å². The SMILES string of the molecule is COc1ccc(O)c(/C=N\NC(=O)C(=O)Nc2nnc(-c3ccccc3)s2)c1. The van der Waals surface area contributed by atoms with Crippen LogP contribution in [0.1, 0.15) is 5.56 Å². The number of nitrogens with zero attached hydrogens (tertiary/aromatic N) is 3. The van der Waals surface area contributed by atoms with Gasteiger partial charge in [-0.05, 0) is 18.2 Å². The van der Waals surface area contributed by atoms with Gasteiger partial charge in [0, 0.05) is 11.1 Å². The molecular formula is C18H15N5O4S. The first-order valence-corrected chi connectivity index (χ1v) is 8.79. The van der Waals surface area contributed by atoms with Crippen molar-refractivity contribution in [2.75, 3.05) is 12.4 Å². The molecular weight excluding hydrogens is 382 g/mol. The molecule has 0 aliphatic carbocycles. The van der Waals surface area contributed by atoms with Gasteiger partial charge in [0.05, 0.1) is 13.3 Å². The molecule has 2 aromatic carbocycles. The molecule has 0 saturated carbocycles. The standard InChI is InChI=1S/C18H15N5O4S/c1-27-13-7-8-14(24)12(9-13)10-19-21-16(26)15(25)20-18-23-22-17(28-18)11-5-3-2-4-6-11/h2-10,24H,1H3,(H,21,26)(H,20,23,25)/b19-10-. The van der Waals surface area contributed by atoms with Gasteiger partial charge >= 0.3 is 11.8 Å². The second kappa shape index (κ2) is 8.73. The Balaban J connectivity index is 1.58. The summed E-state index contributed by atoms with van der Waals surface area (Å²) >= 11 is 1.14. The summed E-state index contributed by atoms with van der Waals surface area (Å²) in [5, 5.41) is 24.4. The molecule has 0 aliphatic rings. The summed E-state index contributed by atoms with van der Waals surface area (Å²) in [6, 6.07) is 13.9. The van der Waals surface area contributed by atoms with Crippen LogP contribution in [0.4, 0.5) is 5.13 Å². The van der Waals surface area contributed by atoms with Crippen molar-refractivity contribution in [1.29, 1.82) is 0 Å². The van der Waals surface area contributed by atoms with Gasteiger partial charge in [0.25, 0.3) is 0 Å². The number of rotatable bonds is 5. The number of phenolic OH excluding ortho intramolecular Hbond substituents is 1. The van der Waals surface area contributed by atoms with Gasteiger partial charge in [-0.25, -0.2) is 5.43 Å². The quantitative estimate of drug-likeness (QED) is 0.343. The fourth-order valence-corrected chi connectivity index (χ4v) is 2.84. The average molecular weight is 397 g/mol. The zero-order valence-corrected chi connectivity index (χ0v) is 15.4. The molecule has 0 fully saturated rings. The van der Waals surface area contributed by atoms with E-state index >= 15 is 0 Å². The summed E-state index contributed by atoms with van der Waals surface area (Å²) in [5.41, 5.74) is 3.25. The normalized spacial score (nSPS) is 10.6. The number of aromatic nitrogens is 2. The Morgan fingerprint density at radius 2 is 1.93 bits per heavy atom. The Morgan fingerprint density at radius 1 is 1.14 bits per heavy atom. The second-order valence-corrected chi connectivity index (χ2v) is 6.33. The number of carbonyl (C=O) groups excluding carboxylic acids is 2.